The molecule has 0 aliphatic carbocycles. The Morgan fingerprint density at radius 3 is 2.79 bits per heavy atom. The lowest BCUT2D eigenvalue weighted by Crippen LogP contribution is -2.49. The molecule has 1 heterocycles. The third-order valence-electron chi connectivity index (χ3n) is 4.08. The maximum atomic E-state index is 13.1. The Bertz CT molecular complexity index is 426. The van der Waals surface area contributed by atoms with E-state index in [0.29, 0.717) is 5.88 Å². The van der Waals surface area contributed by atoms with Crippen LogP contribution in [-0.2, 0) is 6.42 Å². The summed E-state index contributed by atoms with van der Waals surface area (Å²) in [5.41, 5.74) is 0.932. The molecule has 106 valence electrons. The highest BCUT2D eigenvalue weighted by Crippen LogP contribution is 2.29. The predicted molar refractivity (Wildman–Crippen MR) is 76.6 cm³/mol. The molecule has 1 aliphatic heterocycles. The molecular formula is C15H21ClFNO. The highest BCUT2D eigenvalue weighted by molar-refractivity contribution is 6.18. The molecule has 4 heteroatoms. The number of hydrogen-bond acceptors (Lipinski definition) is 2. The number of nitrogens with one attached hydrogen (secondary N) is 1. The second kappa shape index (κ2) is 6.10. The van der Waals surface area contributed by atoms with Crippen LogP contribution in [0.1, 0.15) is 32.3 Å². The molecule has 0 saturated heterocycles. The first-order chi connectivity index (χ1) is 9.12. The Balaban J connectivity index is 1.93. The molecule has 1 aromatic rings. The van der Waals surface area contributed by atoms with Crippen LogP contribution in [0, 0.1) is 5.82 Å². The topological polar surface area (TPSA) is 21.3 Å². The molecule has 1 aliphatic rings. The fraction of sp³-hybridized carbons (Fsp3) is 0.600. The van der Waals surface area contributed by atoms with Crippen molar-refractivity contribution in [2.24, 2.45) is 0 Å². The number of fused-ring (bicyclic) bond motifs is 1. The van der Waals surface area contributed by atoms with Crippen molar-refractivity contribution in [2.45, 2.75) is 44.8 Å². The normalized spacial score (nSPS) is 18.2. The maximum Gasteiger partial charge on any atom is 0.123 e. The highest BCUT2D eigenvalue weighted by atomic mass is 35.5. The van der Waals surface area contributed by atoms with Crippen LogP contribution in [0.15, 0.2) is 18.2 Å². The number of hydrogen-bond donors (Lipinski definition) is 1. The van der Waals surface area contributed by atoms with Gasteiger partial charge in [0.05, 0.1) is 0 Å². The van der Waals surface area contributed by atoms with E-state index in [0.717, 1.165) is 37.1 Å². The van der Waals surface area contributed by atoms with E-state index in [9.17, 15) is 4.39 Å². The number of ether oxygens (including phenoxy) is 1. The van der Waals surface area contributed by atoms with Crippen LogP contribution in [-0.4, -0.2) is 24.1 Å². The van der Waals surface area contributed by atoms with E-state index in [4.69, 9.17) is 16.3 Å². The van der Waals surface area contributed by atoms with E-state index in [1.165, 1.54) is 6.07 Å². The lowest BCUT2D eigenvalue weighted by Gasteiger charge is -2.32. The molecular weight excluding hydrogens is 265 g/mol. The Morgan fingerprint density at radius 2 is 2.16 bits per heavy atom. The van der Waals surface area contributed by atoms with E-state index in [2.05, 4.69) is 19.2 Å². The second-order valence-electron chi connectivity index (χ2n) is 5.20. The Kier molecular flexibility index (Phi) is 4.69. The van der Waals surface area contributed by atoms with Crippen LogP contribution in [0.2, 0.25) is 0 Å². The van der Waals surface area contributed by atoms with Gasteiger partial charge in [-0.15, -0.1) is 11.6 Å². The zero-order valence-corrected chi connectivity index (χ0v) is 12.3. The van der Waals surface area contributed by atoms with Gasteiger partial charge in [0.25, 0.3) is 0 Å². The monoisotopic (exact) mass is 285 g/mol. The van der Waals surface area contributed by atoms with Crippen molar-refractivity contribution in [3.63, 3.8) is 0 Å². The van der Waals surface area contributed by atoms with E-state index >= 15 is 0 Å². The van der Waals surface area contributed by atoms with E-state index < -0.39 is 0 Å². The number of halogens is 2. The quantitative estimate of drug-likeness (QED) is 0.808. The summed E-state index contributed by atoms with van der Waals surface area (Å²) >= 11 is 6.07. The van der Waals surface area contributed by atoms with E-state index in [1.54, 1.807) is 12.1 Å². The Morgan fingerprint density at radius 1 is 1.42 bits per heavy atom. The molecule has 0 aromatic heterocycles. The van der Waals surface area contributed by atoms with Crippen LogP contribution >= 0.6 is 11.6 Å². The molecule has 2 nitrogen and oxygen atoms in total. The van der Waals surface area contributed by atoms with Crippen LogP contribution in [0.3, 0.4) is 0 Å². The van der Waals surface area contributed by atoms with Gasteiger partial charge in [0.15, 0.2) is 0 Å². The number of benzene rings is 1. The zero-order valence-electron chi connectivity index (χ0n) is 11.5. The van der Waals surface area contributed by atoms with Crippen molar-refractivity contribution in [1.82, 2.24) is 5.32 Å². The minimum Gasteiger partial charge on any atom is -0.488 e. The third kappa shape index (κ3) is 3.21. The van der Waals surface area contributed by atoms with Crippen LogP contribution in [0.25, 0.3) is 0 Å². The van der Waals surface area contributed by atoms with Crippen molar-refractivity contribution in [3.05, 3.63) is 29.6 Å². The summed E-state index contributed by atoms with van der Waals surface area (Å²) in [5, 5.41) is 3.52. The molecule has 1 unspecified atom stereocenters. The van der Waals surface area contributed by atoms with Crippen LogP contribution in [0.4, 0.5) is 4.39 Å². The summed E-state index contributed by atoms with van der Waals surface area (Å²) in [6.07, 6.45) is 2.80. The minimum absolute atomic E-state index is 0.0229. The number of rotatable bonds is 6. The van der Waals surface area contributed by atoms with Gasteiger partial charge < -0.3 is 10.1 Å². The van der Waals surface area contributed by atoms with Crippen molar-refractivity contribution in [2.75, 3.05) is 12.4 Å². The molecule has 0 amide bonds. The smallest absolute Gasteiger partial charge is 0.123 e. The molecule has 1 aromatic carbocycles. The summed E-state index contributed by atoms with van der Waals surface area (Å²) in [6.45, 7) is 5.02. The Labute approximate surface area is 119 Å². The minimum atomic E-state index is -0.201. The Hall–Kier alpha value is -0.800. The fourth-order valence-corrected chi connectivity index (χ4v) is 2.94. The lowest BCUT2D eigenvalue weighted by atomic mass is 9.95. The van der Waals surface area contributed by atoms with Gasteiger partial charge >= 0.3 is 0 Å². The fourth-order valence-electron chi connectivity index (χ4n) is 2.47. The van der Waals surface area contributed by atoms with E-state index in [1.807, 2.05) is 0 Å². The zero-order chi connectivity index (χ0) is 13.9. The lowest BCUT2D eigenvalue weighted by molar-refractivity contribution is 0.201. The van der Waals surface area contributed by atoms with Gasteiger partial charge in [-0.2, -0.15) is 0 Å². The molecule has 0 saturated carbocycles. The molecule has 1 atom stereocenters. The van der Waals surface area contributed by atoms with Gasteiger partial charge in [-0.05, 0) is 31.0 Å². The standard InChI is InChI=1S/C15H21ClFNO/c1-3-15(4-2,10-16)18-9-13-8-11-7-12(17)5-6-14(11)19-13/h5-7,13,18H,3-4,8-10H2,1-2H3. The van der Waals surface area contributed by atoms with Crippen molar-refractivity contribution in [1.29, 1.82) is 0 Å². The molecule has 1 N–H and O–H groups in total. The largest absolute Gasteiger partial charge is 0.488 e. The van der Waals surface area contributed by atoms with E-state index in [-0.39, 0.29) is 17.5 Å². The summed E-state index contributed by atoms with van der Waals surface area (Å²) in [7, 11) is 0. The van der Waals surface area contributed by atoms with Crippen LogP contribution < -0.4 is 10.1 Å². The average Bonchev–Trinajstić information content (AvgIpc) is 2.83. The van der Waals surface area contributed by atoms with Gasteiger partial charge in [0.1, 0.15) is 17.7 Å². The number of alkyl halides is 1. The summed E-state index contributed by atoms with van der Waals surface area (Å²) in [6, 6.07) is 4.71. The molecule has 0 fully saturated rings. The van der Waals surface area contributed by atoms with Crippen molar-refractivity contribution in [3.8, 4) is 5.75 Å². The average molecular weight is 286 g/mol. The molecule has 0 spiro atoms. The van der Waals surface area contributed by atoms with Gasteiger partial charge in [-0.3, -0.25) is 0 Å². The van der Waals surface area contributed by atoms with Crippen molar-refractivity contribution >= 4 is 11.6 Å². The van der Waals surface area contributed by atoms with Gasteiger partial charge in [-0.25, -0.2) is 4.39 Å². The molecule has 0 bridgehead atoms. The predicted octanol–water partition coefficient (Wildman–Crippen LogP) is 3.52. The SMILES string of the molecule is CCC(CC)(CCl)NCC1Cc2cc(F)ccc2O1. The summed E-state index contributed by atoms with van der Waals surface area (Å²) < 4.78 is 19.0. The summed E-state index contributed by atoms with van der Waals surface area (Å²) in [4.78, 5) is 0. The first kappa shape index (κ1) is 14.6. The first-order valence-electron chi connectivity index (χ1n) is 6.88. The second-order valence-corrected chi connectivity index (χ2v) is 5.47. The highest BCUT2D eigenvalue weighted by Gasteiger charge is 2.28. The van der Waals surface area contributed by atoms with Crippen LogP contribution in [0.5, 0.6) is 5.75 Å². The van der Waals surface area contributed by atoms with Gasteiger partial charge in [0, 0.05) is 29.9 Å². The molecule has 19 heavy (non-hydrogen) atoms. The van der Waals surface area contributed by atoms with Gasteiger partial charge in [0.2, 0.25) is 0 Å². The maximum absolute atomic E-state index is 13.1. The summed E-state index contributed by atoms with van der Waals surface area (Å²) in [5.74, 6) is 1.19. The van der Waals surface area contributed by atoms with Crippen molar-refractivity contribution < 1.29 is 9.13 Å². The molecule has 2 rings (SSSR count). The first-order valence-corrected chi connectivity index (χ1v) is 7.42. The molecule has 0 radical (unpaired) electrons. The third-order valence-corrected chi connectivity index (χ3v) is 4.59. The van der Waals surface area contributed by atoms with Gasteiger partial charge in [-0.1, -0.05) is 13.8 Å².